The first-order valence-corrected chi connectivity index (χ1v) is 7.55. The number of hydrogen-bond acceptors (Lipinski definition) is 3. The van der Waals surface area contributed by atoms with E-state index in [1.807, 2.05) is 24.5 Å². The fourth-order valence-corrected chi connectivity index (χ4v) is 3.30. The first kappa shape index (κ1) is 12.7. The molecule has 0 saturated carbocycles. The van der Waals surface area contributed by atoms with E-state index in [9.17, 15) is 0 Å². The molecule has 0 fully saturated rings. The second-order valence-electron chi connectivity index (χ2n) is 5.70. The summed E-state index contributed by atoms with van der Waals surface area (Å²) in [6.07, 6.45) is 7.31. The predicted octanol–water partition coefficient (Wildman–Crippen LogP) is 3.40. The second kappa shape index (κ2) is 5.04. The molecule has 21 heavy (non-hydrogen) atoms. The van der Waals surface area contributed by atoms with Crippen LogP contribution in [0.5, 0.6) is 0 Å². The van der Waals surface area contributed by atoms with Crippen LogP contribution < -0.4 is 5.32 Å². The molecule has 0 bridgehead atoms. The van der Waals surface area contributed by atoms with Crippen molar-refractivity contribution in [2.75, 3.05) is 0 Å². The van der Waals surface area contributed by atoms with Gasteiger partial charge in [0.2, 0.25) is 0 Å². The van der Waals surface area contributed by atoms with Gasteiger partial charge in [-0.15, -0.1) is 0 Å². The van der Waals surface area contributed by atoms with Crippen LogP contribution in [0.2, 0.25) is 0 Å². The highest BCUT2D eigenvalue weighted by Gasteiger charge is 2.22. The van der Waals surface area contributed by atoms with Crippen LogP contribution in [0.4, 0.5) is 0 Å². The van der Waals surface area contributed by atoms with Gasteiger partial charge in [0.05, 0.1) is 17.7 Å². The van der Waals surface area contributed by atoms with E-state index in [2.05, 4.69) is 33.9 Å². The van der Waals surface area contributed by atoms with E-state index in [0.29, 0.717) is 6.04 Å². The van der Waals surface area contributed by atoms with Crippen molar-refractivity contribution in [1.29, 1.82) is 0 Å². The number of hydrogen-bond donors (Lipinski definition) is 1. The summed E-state index contributed by atoms with van der Waals surface area (Å²) in [6.45, 7) is 2.90. The van der Waals surface area contributed by atoms with E-state index in [1.165, 1.54) is 24.1 Å². The van der Waals surface area contributed by atoms with E-state index < -0.39 is 0 Å². The van der Waals surface area contributed by atoms with E-state index in [4.69, 9.17) is 4.42 Å². The monoisotopic (exact) mass is 281 g/mol. The third-order valence-electron chi connectivity index (χ3n) is 4.40. The van der Waals surface area contributed by atoms with Crippen molar-refractivity contribution >= 4 is 5.65 Å². The average Bonchev–Trinajstić information content (AvgIpc) is 3.09. The molecule has 0 amide bonds. The zero-order valence-electron chi connectivity index (χ0n) is 12.2. The lowest BCUT2D eigenvalue weighted by Crippen LogP contribution is -2.24. The molecule has 1 aliphatic rings. The number of fused-ring (bicyclic) bond motifs is 2. The summed E-state index contributed by atoms with van der Waals surface area (Å²) in [5, 5.41) is 3.68. The van der Waals surface area contributed by atoms with E-state index in [-0.39, 0.29) is 0 Å². The largest absolute Gasteiger partial charge is 0.469 e. The number of nitrogens with zero attached hydrogens (tertiary/aromatic N) is 2. The molecule has 0 spiro atoms. The standard InChI is InChI=1S/C17H19N3O/c1-12-15(20-9-3-2-7-17(20)19-12)11-18-14-5-4-6-16-13(14)8-10-21-16/h2-3,7-10,14,18H,4-6,11H2,1H3. The van der Waals surface area contributed by atoms with Crippen molar-refractivity contribution in [3.63, 3.8) is 0 Å². The number of nitrogens with one attached hydrogen (secondary N) is 1. The first-order valence-electron chi connectivity index (χ1n) is 7.55. The normalized spacial score (nSPS) is 18.0. The van der Waals surface area contributed by atoms with Crippen LogP contribution in [0.3, 0.4) is 0 Å². The molecule has 0 saturated heterocycles. The Balaban J connectivity index is 1.59. The minimum absolute atomic E-state index is 0.390. The highest BCUT2D eigenvalue weighted by Crippen LogP contribution is 2.30. The number of aromatic nitrogens is 2. The Bertz CT molecular complexity index is 771. The van der Waals surface area contributed by atoms with Crippen molar-refractivity contribution in [3.05, 3.63) is 59.4 Å². The van der Waals surface area contributed by atoms with Gasteiger partial charge in [0.1, 0.15) is 11.4 Å². The molecule has 3 heterocycles. The quantitative estimate of drug-likeness (QED) is 0.800. The molecule has 3 aromatic rings. The molecule has 4 heteroatoms. The van der Waals surface area contributed by atoms with E-state index in [0.717, 1.165) is 30.1 Å². The Morgan fingerprint density at radius 2 is 2.33 bits per heavy atom. The van der Waals surface area contributed by atoms with Crippen LogP contribution in [0, 0.1) is 6.92 Å². The van der Waals surface area contributed by atoms with Gasteiger partial charge in [0.15, 0.2) is 0 Å². The van der Waals surface area contributed by atoms with Gasteiger partial charge in [-0.05, 0) is 38.0 Å². The molecule has 1 unspecified atom stereocenters. The first-order chi connectivity index (χ1) is 10.3. The van der Waals surface area contributed by atoms with Gasteiger partial charge in [-0.2, -0.15) is 0 Å². The minimum atomic E-state index is 0.390. The molecule has 108 valence electrons. The lowest BCUT2D eigenvalue weighted by atomic mass is 9.93. The van der Waals surface area contributed by atoms with Gasteiger partial charge < -0.3 is 14.1 Å². The topological polar surface area (TPSA) is 42.5 Å². The Hall–Kier alpha value is -2.07. The van der Waals surface area contributed by atoms with Crippen molar-refractivity contribution in [1.82, 2.24) is 14.7 Å². The number of aryl methyl sites for hydroxylation is 2. The lowest BCUT2D eigenvalue weighted by Gasteiger charge is -2.22. The third-order valence-corrected chi connectivity index (χ3v) is 4.40. The second-order valence-corrected chi connectivity index (χ2v) is 5.70. The van der Waals surface area contributed by atoms with Crippen LogP contribution in [-0.4, -0.2) is 9.38 Å². The van der Waals surface area contributed by atoms with Gasteiger partial charge in [0, 0.05) is 30.8 Å². The molecule has 0 aliphatic heterocycles. The van der Waals surface area contributed by atoms with Gasteiger partial charge >= 0.3 is 0 Å². The van der Waals surface area contributed by atoms with Crippen molar-refractivity contribution < 1.29 is 4.42 Å². The van der Waals surface area contributed by atoms with Gasteiger partial charge in [-0.1, -0.05) is 6.07 Å². The summed E-state index contributed by atoms with van der Waals surface area (Å²) >= 11 is 0. The Morgan fingerprint density at radius 3 is 3.29 bits per heavy atom. The number of pyridine rings is 1. The molecule has 4 rings (SSSR count). The summed E-state index contributed by atoms with van der Waals surface area (Å²) in [4.78, 5) is 4.62. The summed E-state index contributed by atoms with van der Waals surface area (Å²) < 4.78 is 7.73. The van der Waals surface area contributed by atoms with Crippen LogP contribution in [0.25, 0.3) is 5.65 Å². The number of furan rings is 1. The summed E-state index contributed by atoms with van der Waals surface area (Å²) in [7, 11) is 0. The van der Waals surface area contributed by atoms with E-state index in [1.54, 1.807) is 0 Å². The van der Waals surface area contributed by atoms with Crippen molar-refractivity contribution in [2.24, 2.45) is 0 Å². The zero-order valence-corrected chi connectivity index (χ0v) is 12.2. The maximum atomic E-state index is 5.56. The molecular formula is C17H19N3O. The number of imidazole rings is 1. The SMILES string of the molecule is Cc1nc2ccccn2c1CNC1CCCc2occc21. The third kappa shape index (κ3) is 2.16. The lowest BCUT2D eigenvalue weighted by molar-refractivity contribution is 0.409. The van der Waals surface area contributed by atoms with Gasteiger partial charge in [-0.25, -0.2) is 4.98 Å². The molecule has 0 aromatic carbocycles. The minimum Gasteiger partial charge on any atom is -0.469 e. The molecule has 3 aromatic heterocycles. The van der Waals surface area contributed by atoms with Crippen molar-refractivity contribution in [2.45, 2.75) is 38.8 Å². The molecule has 4 nitrogen and oxygen atoms in total. The fourth-order valence-electron chi connectivity index (χ4n) is 3.30. The van der Waals surface area contributed by atoms with Crippen LogP contribution in [-0.2, 0) is 13.0 Å². The van der Waals surface area contributed by atoms with Gasteiger partial charge in [-0.3, -0.25) is 0 Å². The highest BCUT2D eigenvalue weighted by atomic mass is 16.3. The van der Waals surface area contributed by atoms with Crippen molar-refractivity contribution in [3.8, 4) is 0 Å². The van der Waals surface area contributed by atoms with Crippen LogP contribution in [0.1, 0.15) is 41.6 Å². The van der Waals surface area contributed by atoms with Crippen LogP contribution in [0.15, 0.2) is 41.1 Å². The molecule has 1 atom stereocenters. The maximum Gasteiger partial charge on any atom is 0.137 e. The smallest absolute Gasteiger partial charge is 0.137 e. The summed E-state index contributed by atoms with van der Waals surface area (Å²) in [5.74, 6) is 1.15. The maximum absolute atomic E-state index is 5.56. The van der Waals surface area contributed by atoms with Gasteiger partial charge in [0.25, 0.3) is 0 Å². The Morgan fingerprint density at radius 1 is 1.38 bits per heavy atom. The summed E-state index contributed by atoms with van der Waals surface area (Å²) in [5.41, 5.74) is 4.67. The molecule has 1 N–H and O–H groups in total. The molecular weight excluding hydrogens is 262 g/mol. The average molecular weight is 281 g/mol. The molecule has 1 aliphatic carbocycles. The van der Waals surface area contributed by atoms with Crippen LogP contribution >= 0.6 is 0 Å². The van der Waals surface area contributed by atoms with E-state index >= 15 is 0 Å². The predicted molar refractivity (Wildman–Crippen MR) is 81.2 cm³/mol. The Kier molecular flexibility index (Phi) is 3.04. The summed E-state index contributed by atoms with van der Waals surface area (Å²) in [6, 6.07) is 8.62. The Labute approximate surface area is 123 Å². The zero-order chi connectivity index (χ0) is 14.2. The number of rotatable bonds is 3. The highest BCUT2D eigenvalue weighted by molar-refractivity contribution is 5.42. The fraction of sp³-hybridized carbons (Fsp3) is 0.353. The molecule has 0 radical (unpaired) electrons.